The molecule has 2 heterocycles. The maximum absolute atomic E-state index is 4.60. The third-order valence-electron chi connectivity index (χ3n) is 3.30. The molecule has 0 aliphatic carbocycles. The van der Waals surface area contributed by atoms with Crippen molar-refractivity contribution < 1.29 is 0 Å². The van der Waals surface area contributed by atoms with Crippen LogP contribution in [0.4, 0.5) is 0 Å². The second-order valence-electron chi connectivity index (χ2n) is 4.58. The Bertz CT molecular complexity index is 506. The van der Waals surface area contributed by atoms with E-state index in [4.69, 9.17) is 0 Å². The number of aromatic nitrogens is 2. The molecule has 0 atom stereocenters. The van der Waals surface area contributed by atoms with Crippen LogP contribution in [0.3, 0.4) is 0 Å². The lowest BCUT2D eigenvalue weighted by Gasteiger charge is -2.06. The lowest BCUT2D eigenvalue weighted by atomic mass is 10.2. The van der Waals surface area contributed by atoms with Gasteiger partial charge in [0.15, 0.2) is 0 Å². The zero-order valence-electron chi connectivity index (χ0n) is 11.6. The highest BCUT2D eigenvalue weighted by molar-refractivity contribution is 7.11. The fraction of sp³-hybridized carbons (Fsp3) is 0.500. The molecule has 0 radical (unpaired) electrons. The van der Waals surface area contributed by atoms with Crippen molar-refractivity contribution in [1.29, 1.82) is 0 Å². The van der Waals surface area contributed by atoms with Gasteiger partial charge in [0.05, 0.1) is 12.2 Å². The molecule has 4 heteroatoms. The molecule has 2 rings (SSSR count). The van der Waals surface area contributed by atoms with Crippen molar-refractivity contribution in [2.45, 2.75) is 40.8 Å². The lowest BCUT2D eigenvalue weighted by molar-refractivity contribution is 0.709. The quantitative estimate of drug-likeness (QED) is 0.898. The Kier molecular flexibility index (Phi) is 4.19. The first-order chi connectivity index (χ1) is 8.61. The van der Waals surface area contributed by atoms with Gasteiger partial charge in [0, 0.05) is 23.3 Å². The highest BCUT2D eigenvalue weighted by Gasteiger charge is 2.08. The summed E-state index contributed by atoms with van der Waals surface area (Å²) in [6, 6.07) is 2.20. The second-order valence-corrected chi connectivity index (χ2v) is 5.87. The Morgan fingerprint density at radius 3 is 2.72 bits per heavy atom. The molecule has 98 valence electrons. The smallest absolute Gasteiger partial charge is 0.113 e. The highest BCUT2D eigenvalue weighted by Crippen LogP contribution is 2.19. The summed E-state index contributed by atoms with van der Waals surface area (Å²) in [4.78, 5) is 5.92. The van der Waals surface area contributed by atoms with Gasteiger partial charge in [-0.15, -0.1) is 11.3 Å². The average molecular weight is 263 g/mol. The van der Waals surface area contributed by atoms with Gasteiger partial charge in [0.1, 0.15) is 5.01 Å². The number of nitrogens with one attached hydrogen (secondary N) is 1. The Labute approximate surface area is 113 Å². The van der Waals surface area contributed by atoms with Gasteiger partial charge >= 0.3 is 0 Å². The topological polar surface area (TPSA) is 29.9 Å². The van der Waals surface area contributed by atoms with E-state index in [1.165, 1.54) is 21.1 Å². The van der Waals surface area contributed by atoms with E-state index in [1.54, 1.807) is 11.3 Å². The van der Waals surface area contributed by atoms with Gasteiger partial charge in [0.25, 0.3) is 0 Å². The molecule has 0 spiro atoms. The van der Waals surface area contributed by atoms with Gasteiger partial charge in [-0.05, 0) is 38.9 Å². The van der Waals surface area contributed by atoms with Crippen LogP contribution in [0.15, 0.2) is 12.3 Å². The van der Waals surface area contributed by atoms with Crippen LogP contribution in [0.25, 0.3) is 0 Å². The average Bonchev–Trinajstić information content (AvgIpc) is 2.83. The van der Waals surface area contributed by atoms with Crippen LogP contribution in [0, 0.1) is 20.8 Å². The van der Waals surface area contributed by atoms with E-state index in [9.17, 15) is 0 Å². The number of rotatable bonds is 5. The van der Waals surface area contributed by atoms with Crippen molar-refractivity contribution >= 4 is 11.3 Å². The predicted molar refractivity (Wildman–Crippen MR) is 77.2 cm³/mol. The number of aryl methyl sites for hydroxylation is 2. The molecule has 0 saturated heterocycles. The van der Waals surface area contributed by atoms with E-state index in [0.717, 1.165) is 25.3 Å². The Hall–Kier alpha value is -1.13. The van der Waals surface area contributed by atoms with Crippen molar-refractivity contribution in [2.75, 3.05) is 6.54 Å². The normalized spacial score (nSPS) is 11.1. The first kappa shape index (κ1) is 13.3. The zero-order chi connectivity index (χ0) is 13.1. The molecular formula is C14H21N3S. The molecule has 0 aliphatic heterocycles. The molecule has 2 aromatic rings. The molecule has 0 saturated carbocycles. The van der Waals surface area contributed by atoms with Crippen molar-refractivity contribution in [3.63, 3.8) is 0 Å². The zero-order valence-corrected chi connectivity index (χ0v) is 12.4. The van der Waals surface area contributed by atoms with Gasteiger partial charge in [-0.1, -0.05) is 6.92 Å². The van der Waals surface area contributed by atoms with Crippen molar-refractivity contribution in [3.8, 4) is 0 Å². The van der Waals surface area contributed by atoms with Crippen LogP contribution in [0.5, 0.6) is 0 Å². The number of thiazole rings is 1. The van der Waals surface area contributed by atoms with Gasteiger partial charge in [-0.3, -0.25) is 0 Å². The van der Waals surface area contributed by atoms with Gasteiger partial charge in [-0.2, -0.15) is 0 Å². The Morgan fingerprint density at radius 1 is 1.33 bits per heavy atom. The molecular weight excluding hydrogens is 242 g/mol. The van der Waals surface area contributed by atoms with E-state index in [0.29, 0.717) is 0 Å². The maximum atomic E-state index is 4.60. The summed E-state index contributed by atoms with van der Waals surface area (Å²) in [6.45, 7) is 11.4. The van der Waals surface area contributed by atoms with E-state index in [1.807, 2.05) is 0 Å². The highest BCUT2D eigenvalue weighted by atomic mass is 32.1. The van der Waals surface area contributed by atoms with Crippen LogP contribution in [-0.4, -0.2) is 16.1 Å². The van der Waals surface area contributed by atoms with Gasteiger partial charge in [0.2, 0.25) is 0 Å². The van der Waals surface area contributed by atoms with Crippen molar-refractivity contribution in [2.24, 2.45) is 0 Å². The number of nitrogens with zero attached hydrogens (tertiary/aromatic N) is 2. The van der Waals surface area contributed by atoms with E-state index in [2.05, 4.69) is 54.8 Å². The molecule has 0 unspecified atom stereocenters. The third kappa shape index (κ3) is 2.82. The molecule has 2 aromatic heterocycles. The number of hydrogen-bond acceptors (Lipinski definition) is 3. The molecule has 0 amide bonds. The minimum Gasteiger partial charge on any atom is -0.345 e. The summed E-state index contributed by atoms with van der Waals surface area (Å²) in [5.74, 6) is 0. The van der Waals surface area contributed by atoms with Gasteiger partial charge < -0.3 is 9.88 Å². The molecule has 3 nitrogen and oxygen atoms in total. The predicted octanol–water partition coefficient (Wildman–Crippen LogP) is 3.03. The molecule has 1 N–H and O–H groups in total. The van der Waals surface area contributed by atoms with E-state index < -0.39 is 0 Å². The maximum Gasteiger partial charge on any atom is 0.113 e. The first-order valence-electron chi connectivity index (χ1n) is 6.40. The molecule has 0 bridgehead atoms. The molecule has 0 aliphatic rings. The summed E-state index contributed by atoms with van der Waals surface area (Å²) in [5.41, 5.74) is 3.87. The van der Waals surface area contributed by atoms with E-state index >= 15 is 0 Å². The Morgan fingerprint density at radius 2 is 2.11 bits per heavy atom. The van der Waals surface area contributed by atoms with Crippen molar-refractivity contribution in [1.82, 2.24) is 14.9 Å². The van der Waals surface area contributed by atoms with Crippen LogP contribution >= 0.6 is 11.3 Å². The molecule has 0 aromatic carbocycles. The summed E-state index contributed by atoms with van der Waals surface area (Å²) in [6.07, 6.45) is 2.16. The van der Waals surface area contributed by atoms with Crippen molar-refractivity contribution in [3.05, 3.63) is 39.1 Å². The van der Waals surface area contributed by atoms with Crippen LogP contribution in [0.2, 0.25) is 0 Å². The summed E-state index contributed by atoms with van der Waals surface area (Å²) >= 11 is 1.80. The third-order valence-corrected chi connectivity index (χ3v) is 4.35. The molecule has 0 fully saturated rings. The summed E-state index contributed by atoms with van der Waals surface area (Å²) in [7, 11) is 0. The SMILES string of the molecule is CCNCc1ccn(Cc2nc(C)c(C)s2)c1C. The lowest BCUT2D eigenvalue weighted by Crippen LogP contribution is -2.12. The minimum atomic E-state index is 0.886. The van der Waals surface area contributed by atoms with Gasteiger partial charge in [-0.25, -0.2) is 4.98 Å². The first-order valence-corrected chi connectivity index (χ1v) is 7.21. The number of hydrogen-bond donors (Lipinski definition) is 1. The monoisotopic (exact) mass is 263 g/mol. The Balaban J connectivity index is 2.12. The standard InChI is InChI=1S/C14H21N3S/c1-5-15-8-13-6-7-17(11(13)3)9-14-16-10(2)12(4)18-14/h6-7,15H,5,8-9H2,1-4H3. The van der Waals surface area contributed by atoms with Crippen LogP contribution in [-0.2, 0) is 13.1 Å². The van der Waals surface area contributed by atoms with Crippen LogP contribution < -0.4 is 5.32 Å². The second kappa shape index (κ2) is 5.67. The summed E-state index contributed by atoms with van der Waals surface area (Å²) in [5, 5.41) is 4.56. The molecule has 18 heavy (non-hydrogen) atoms. The minimum absolute atomic E-state index is 0.886. The fourth-order valence-corrected chi connectivity index (χ4v) is 2.90. The summed E-state index contributed by atoms with van der Waals surface area (Å²) < 4.78 is 2.28. The fourth-order valence-electron chi connectivity index (χ4n) is 1.97. The van der Waals surface area contributed by atoms with E-state index in [-0.39, 0.29) is 0 Å². The largest absolute Gasteiger partial charge is 0.345 e. The van der Waals surface area contributed by atoms with Crippen LogP contribution in [0.1, 0.15) is 33.8 Å².